The minimum absolute atomic E-state index is 0.0322. The number of hydrogen-bond acceptors (Lipinski definition) is 4. The van der Waals surface area contributed by atoms with Gasteiger partial charge in [0.15, 0.2) is 0 Å². The average molecular weight is 459 g/mol. The van der Waals surface area contributed by atoms with Crippen LogP contribution in [0.3, 0.4) is 0 Å². The molecule has 0 atom stereocenters. The molecule has 1 heterocycles. The molecule has 174 valence electrons. The Morgan fingerprint density at radius 1 is 0.882 bits per heavy atom. The number of amides is 2. The van der Waals surface area contributed by atoms with Crippen molar-refractivity contribution in [3.8, 4) is 5.75 Å². The van der Waals surface area contributed by atoms with Crippen molar-refractivity contribution in [2.45, 2.75) is 13.1 Å². The van der Waals surface area contributed by atoms with Gasteiger partial charge in [0.1, 0.15) is 5.75 Å². The minimum atomic E-state index is -0.988. The summed E-state index contributed by atoms with van der Waals surface area (Å²) in [4.78, 5) is 40.9. The van der Waals surface area contributed by atoms with E-state index in [0.717, 1.165) is 11.1 Å². The highest BCUT2D eigenvalue weighted by molar-refractivity contribution is 5.98. The fourth-order valence-corrected chi connectivity index (χ4v) is 4.04. The molecule has 3 aromatic carbocycles. The molecular weight excluding hydrogens is 432 g/mol. The number of methoxy groups -OCH3 is 1. The van der Waals surface area contributed by atoms with Crippen molar-refractivity contribution in [1.29, 1.82) is 0 Å². The Hall–Kier alpha value is -4.13. The number of carboxylic acids is 1. The van der Waals surface area contributed by atoms with Crippen LogP contribution in [0.4, 0.5) is 0 Å². The molecule has 1 N–H and O–H groups in total. The van der Waals surface area contributed by atoms with Crippen LogP contribution < -0.4 is 4.74 Å². The van der Waals surface area contributed by atoms with E-state index in [9.17, 15) is 14.4 Å². The van der Waals surface area contributed by atoms with Crippen LogP contribution in [-0.2, 0) is 17.9 Å². The van der Waals surface area contributed by atoms with Gasteiger partial charge in [0.25, 0.3) is 5.91 Å². The van der Waals surface area contributed by atoms with Crippen molar-refractivity contribution in [2.24, 2.45) is 5.92 Å². The highest BCUT2D eigenvalue weighted by Crippen LogP contribution is 2.26. The SMILES string of the molecule is COc1ccccc1C(=O)N1CC(C(=O)N(Cc2ccccc2)Cc2ccc(C(=O)O)cc2)C1. The topological polar surface area (TPSA) is 87.2 Å². The van der Waals surface area contributed by atoms with Crippen molar-refractivity contribution in [2.75, 3.05) is 20.2 Å². The molecule has 4 rings (SSSR count). The molecule has 0 saturated carbocycles. The zero-order valence-electron chi connectivity index (χ0n) is 18.9. The highest BCUT2D eigenvalue weighted by Gasteiger charge is 2.38. The number of para-hydroxylation sites is 1. The number of likely N-dealkylation sites (tertiary alicyclic amines) is 1. The second-order valence-electron chi connectivity index (χ2n) is 8.29. The smallest absolute Gasteiger partial charge is 0.335 e. The molecule has 2 amide bonds. The van der Waals surface area contributed by atoms with Gasteiger partial charge in [-0.15, -0.1) is 0 Å². The highest BCUT2D eigenvalue weighted by atomic mass is 16.5. The summed E-state index contributed by atoms with van der Waals surface area (Å²) in [5.74, 6) is -0.952. The lowest BCUT2D eigenvalue weighted by Crippen LogP contribution is -2.56. The maximum atomic E-state index is 13.4. The van der Waals surface area contributed by atoms with Gasteiger partial charge < -0.3 is 19.6 Å². The number of hydrogen-bond donors (Lipinski definition) is 1. The number of carboxylic acid groups (broad SMARTS) is 1. The Morgan fingerprint density at radius 3 is 2.09 bits per heavy atom. The second-order valence-corrected chi connectivity index (χ2v) is 8.29. The number of benzene rings is 3. The van der Waals surface area contributed by atoms with E-state index in [1.807, 2.05) is 36.4 Å². The van der Waals surface area contributed by atoms with Crippen LogP contribution in [0, 0.1) is 5.92 Å². The summed E-state index contributed by atoms with van der Waals surface area (Å²) in [5.41, 5.74) is 2.53. The summed E-state index contributed by atoms with van der Waals surface area (Å²) >= 11 is 0. The van der Waals surface area contributed by atoms with Crippen molar-refractivity contribution in [3.63, 3.8) is 0 Å². The maximum absolute atomic E-state index is 13.4. The second kappa shape index (κ2) is 10.2. The van der Waals surface area contributed by atoms with Gasteiger partial charge in [0.05, 0.1) is 24.2 Å². The van der Waals surface area contributed by atoms with Crippen molar-refractivity contribution >= 4 is 17.8 Å². The molecule has 1 saturated heterocycles. The third-order valence-corrected chi connectivity index (χ3v) is 5.96. The maximum Gasteiger partial charge on any atom is 0.335 e. The standard InChI is InChI=1S/C27H26N2O5/c1-34-24-10-6-5-9-23(24)26(31)29-17-22(18-29)25(30)28(15-19-7-3-2-4-8-19)16-20-11-13-21(14-12-20)27(32)33/h2-14,22H,15-18H2,1H3,(H,32,33). The van der Waals surface area contributed by atoms with Crippen molar-refractivity contribution < 1.29 is 24.2 Å². The van der Waals surface area contributed by atoms with Gasteiger partial charge in [0.2, 0.25) is 5.91 Å². The largest absolute Gasteiger partial charge is 0.496 e. The van der Waals surface area contributed by atoms with Gasteiger partial charge in [0, 0.05) is 26.2 Å². The summed E-state index contributed by atoms with van der Waals surface area (Å²) in [7, 11) is 1.53. The number of rotatable bonds is 8. The van der Waals surface area contributed by atoms with Crippen LogP contribution in [0.25, 0.3) is 0 Å². The third kappa shape index (κ3) is 5.09. The quantitative estimate of drug-likeness (QED) is 0.556. The van der Waals surface area contributed by atoms with Crippen LogP contribution in [-0.4, -0.2) is 52.9 Å². The van der Waals surface area contributed by atoms with Gasteiger partial charge in [-0.25, -0.2) is 4.79 Å². The Balaban J connectivity index is 1.46. The number of carbonyl (C=O) groups excluding carboxylic acids is 2. The summed E-state index contributed by atoms with van der Waals surface area (Å²) in [6, 6.07) is 23.3. The van der Waals surface area contributed by atoms with Gasteiger partial charge in [-0.3, -0.25) is 9.59 Å². The number of carbonyl (C=O) groups is 3. The molecule has 0 unspecified atom stereocenters. The number of nitrogens with zero attached hydrogens (tertiary/aromatic N) is 2. The van der Waals surface area contributed by atoms with E-state index >= 15 is 0 Å². The zero-order valence-corrected chi connectivity index (χ0v) is 18.9. The van der Waals surface area contributed by atoms with Crippen LogP contribution in [0.5, 0.6) is 5.75 Å². The first kappa shape index (κ1) is 23.0. The molecule has 7 nitrogen and oxygen atoms in total. The van der Waals surface area contributed by atoms with E-state index < -0.39 is 5.97 Å². The average Bonchev–Trinajstić information content (AvgIpc) is 2.83. The fraction of sp³-hybridized carbons (Fsp3) is 0.222. The van der Waals surface area contributed by atoms with Crippen molar-refractivity contribution in [3.05, 3.63) is 101 Å². The summed E-state index contributed by atoms with van der Waals surface area (Å²) in [6.07, 6.45) is 0. The van der Waals surface area contributed by atoms with E-state index in [1.54, 1.807) is 52.3 Å². The van der Waals surface area contributed by atoms with E-state index in [-0.39, 0.29) is 23.3 Å². The lowest BCUT2D eigenvalue weighted by Gasteiger charge is -2.41. The first-order chi connectivity index (χ1) is 16.5. The minimum Gasteiger partial charge on any atom is -0.496 e. The molecule has 34 heavy (non-hydrogen) atoms. The molecule has 0 spiro atoms. The normalized spacial score (nSPS) is 13.1. The Morgan fingerprint density at radius 2 is 1.47 bits per heavy atom. The predicted molar refractivity (Wildman–Crippen MR) is 126 cm³/mol. The zero-order chi connectivity index (χ0) is 24.1. The lowest BCUT2D eigenvalue weighted by molar-refractivity contribution is -0.141. The fourth-order valence-electron chi connectivity index (χ4n) is 4.04. The van der Waals surface area contributed by atoms with E-state index in [2.05, 4.69) is 0 Å². The number of ether oxygens (including phenoxy) is 1. The Bertz CT molecular complexity index is 1170. The van der Waals surface area contributed by atoms with Crippen LogP contribution in [0.2, 0.25) is 0 Å². The molecule has 0 aromatic heterocycles. The first-order valence-corrected chi connectivity index (χ1v) is 11.0. The molecule has 1 aliphatic heterocycles. The van der Waals surface area contributed by atoms with Crippen LogP contribution >= 0.6 is 0 Å². The summed E-state index contributed by atoms with van der Waals surface area (Å²) in [6.45, 7) is 1.47. The monoisotopic (exact) mass is 458 g/mol. The van der Waals surface area contributed by atoms with E-state index in [1.165, 1.54) is 7.11 Å². The van der Waals surface area contributed by atoms with E-state index in [0.29, 0.717) is 37.5 Å². The van der Waals surface area contributed by atoms with Crippen LogP contribution in [0.15, 0.2) is 78.9 Å². The van der Waals surface area contributed by atoms with Crippen LogP contribution in [0.1, 0.15) is 31.8 Å². The van der Waals surface area contributed by atoms with Gasteiger partial charge >= 0.3 is 5.97 Å². The predicted octanol–water partition coefficient (Wildman–Crippen LogP) is 3.69. The van der Waals surface area contributed by atoms with Gasteiger partial charge in [-0.1, -0.05) is 54.6 Å². The lowest BCUT2D eigenvalue weighted by atomic mass is 9.96. The summed E-state index contributed by atoms with van der Waals surface area (Å²) in [5, 5.41) is 9.13. The third-order valence-electron chi connectivity index (χ3n) is 5.96. The molecule has 0 radical (unpaired) electrons. The first-order valence-electron chi connectivity index (χ1n) is 11.0. The van der Waals surface area contributed by atoms with Gasteiger partial charge in [-0.05, 0) is 35.4 Å². The molecule has 0 aliphatic carbocycles. The molecule has 7 heteroatoms. The number of aromatic carboxylic acids is 1. The molecule has 3 aromatic rings. The molecular formula is C27H26N2O5. The Labute approximate surface area is 198 Å². The van der Waals surface area contributed by atoms with E-state index in [4.69, 9.17) is 9.84 Å². The van der Waals surface area contributed by atoms with Crippen molar-refractivity contribution in [1.82, 2.24) is 9.80 Å². The van der Waals surface area contributed by atoms with Gasteiger partial charge in [-0.2, -0.15) is 0 Å². The summed E-state index contributed by atoms with van der Waals surface area (Å²) < 4.78 is 5.29. The molecule has 0 bridgehead atoms. The molecule has 1 aliphatic rings. The molecule has 1 fully saturated rings. The Kier molecular flexibility index (Phi) is 6.92.